The Bertz CT molecular complexity index is 563. The zero-order chi connectivity index (χ0) is 16.8. The lowest BCUT2D eigenvalue weighted by Gasteiger charge is -2.33. The number of guanidine groups is 1. The van der Waals surface area contributed by atoms with E-state index in [9.17, 15) is 0 Å². The van der Waals surface area contributed by atoms with Crippen molar-refractivity contribution >= 4 is 21.9 Å². The predicted octanol–water partition coefficient (Wildman–Crippen LogP) is 3.27. The monoisotopic (exact) mass is 383 g/mol. The molecule has 1 aliphatic heterocycles. The van der Waals surface area contributed by atoms with Crippen LogP contribution in [0.4, 0.5) is 0 Å². The summed E-state index contributed by atoms with van der Waals surface area (Å²) in [5.74, 6) is 3.12. The van der Waals surface area contributed by atoms with Gasteiger partial charge in [0.05, 0.1) is 18.7 Å². The second-order valence-corrected chi connectivity index (χ2v) is 6.76. The fourth-order valence-electron chi connectivity index (χ4n) is 2.97. The Morgan fingerprint density at radius 1 is 1.39 bits per heavy atom. The van der Waals surface area contributed by atoms with Crippen LogP contribution in [0.15, 0.2) is 21.6 Å². The van der Waals surface area contributed by atoms with Gasteiger partial charge in [-0.05, 0) is 52.4 Å². The van der Waals surface area contributed by atoms with Gasteiger partial charge in [0.2, 0.25) is 0 Å². The normalized spacial score (nSPS) is 18.7. The van der Waals surface area contributed by atoms with Gasteiger partial charge in [0, 0.05) is 26.7 Å². The van der Waals surface area contributed by atoms with Gasteiger partial charge in [-0.1, -0.05) is 6.92 Å². The molecule has 1 N–H and O–H groups in total. The van der Waals surface area contributed by atoms with Crippen LogP contribution in [-0.2, 0) is 6.54 Å². The van der Waals surface area contributed by atoms with Crippen molar-refractivity contribution in [3.05, 3.63) is 22.2 Å². The number of hydrogen-bond donors (Lipinski definition) is 1. The highest BCUT2D eigenvalue weighted by molar-refractivity contribution is 9.10. The molecule has 1 aromatic rings. The Morgan fingerprint density at radius 3 is 2.78 bits per heavy atom. The average Bonchev–Trinajstić information content (AvgIpc) is 2.55. The number of nitrogens with one attached hydrogen (secondary N) is 1. The van der Waals surface area contributed by atoms with Crippen molar-refractivity contribution in [3.8, 4) is 11.5 Å². The van der Waals surface area contributed by atoms with E-state index >= 15 is 0 Å². The molecule has 0 spiro atoms. The summed E-state index contributed by atoms with van der Waals surface area (Å²) < 4.78 is 11.6. The molecule has 1 saturated heterocycles. The summed E-state index contributed by atoms with van der Waals surface area (Å²) in [5.41, 5.74) is 1.11. The van der Waals surface area contributed by atoms with Crippen molar-refractivity contribution in [2.75, 3.05) is 34.4 Å². The first-order valence-corrected chi connectivity index (χ1v) is 8.74. The van der Waals surface area contributed by atoms with E-state index in [-0.39, 0.29) is 0 Å². The van der Waals surface area contributed by atoms with E-state index in [4.69, 9.17) is 9.47 Å². The van der Waals surface area contributed by atoms with Gasteiger partial charge in [0.1, 0.15) is 0 Å². The molecule has 128 valence electrons. The number of aliphatic imine (C=N–C) groups is 1. The Kier molecular flexibility index (Phi) is 6.57. The van der Waals surface area contributed by atoms with E-state index in [2.05, 4.69) is 38.1 Å². The summed E-state index contributed by atoms with van der Waals surface area (Å²) in [4.78, 5) is 6.76. The first-order chi connectivity index (χ1) is 11.1. The number of hydrogen-bond acceptors (Lipinski definition) is 3. The molecule has 0 aromatic heterocycles. The summed E-state index contributed by atoms with van der Waals surface area (Å²) in [6.45, 7) is 5.12. The summed E-state index contributed by atoms with van der Waals surface area (Å²) >= 11 is 3.53. The number of rotatable bonds is 4. The van der Waals surface area contributed by atoms with Crippen molar-refractivity contribution in [1.82, 2.24) is 10.2 Å². The number of methoxy groups -OCH3 is 2. The van der Waals surface area contributed by atoms with Crippen molar-refractivity contribution in [2.24, 2.45) is 10.9 Å². The molecule has 1 aromatic carbocycles. The van der Waals surface area contributed by atoms with Crippen molar-refractivity contribution in [1.29, 1.82) is 0 Å². The zero-order valence-corrected chi connectivity index (χ0v) is 15.9. The third-order valence-corrected chi connectivity index (χ3v) is 4.70. The summed E-state index contributed by atoms with van der Waals surface area (Å²) in [5, 5.41) is 3.45. The summed E-state index contributed by atoms with van der Waals surface area (Å²) in [6, 6.07) is 4.03. The molecule has 0 aliphatic carbocycles. The minimum absolute atomic E-state index is 0.691. The number of ether oxygens (including phenoxy) is 2. The van der Waals surface area contributed by atoms with Crippen molar-refractivity contribution in [3.63, 3.8) is 0 Å². The summed E-state index contributed by atoms with van der Waals surface area (Å²) in [7, 11) is 5.13. The second kappa shape index (κ2) is 8.43. The molecule has 1 aliphatic rings. The molecule has 5 nitrogen and oxygen atoms in total. The fraction of sp³-hybridized carbons (Fsp3) is 0.588. The standard InChI is InChI=1S/C17H26BrN3O2/c1-12-6-5-7-21(11-12)17(19-2)20-10-13-8-14(18)16(23-4)15(9-13)22-3/h8-9,12H,5-7,10-11H2,1-4H3,(H,19,20). The van der Waals surface area contributed by atoms with Crippen molar-refractivity contribution < 1.29 is 9.47 Å². The van der Waals surface area contributed by atoms with Crippen LogP contribution in [0.3, 0.4) is 0 Å². The smallest absolute Gasteiger partial charge is 0.193 e. The molecule has 23 heavy (non-hydrogen) atoms. The van der Waals surface area contributed by atoms with Crippen LogP contribution in [-0.4, -0.2) is 45.2 Å². The highest BCUT2D eigenvalue weighted by Gasteiger charge is 2.19. The van der Waals surface area contributed by atoms with E-state index in [1.165, 1.54) is 12.8 Å². The molecule has 6 heteroatoms. The number of halogens is 1. The number of benzene rings is 1. The van der Waals surface area contributed by atoms with Crippen LogP contribution in [0, 0.1) is 5.92 Å². The quantitative estimate of drug-likeness (QED) is 0.640. The van der Waals surface area contributed by atoms with Gasteiger partial charge in [-0.25, -0.2) is 0 Å². The van der Waals surface area contributed by atoms with Crippen LogP contribution in [0.2, 0.25) is 0 Å². The minimum atomic E-state index is 0.691. The maximum atomic E-state index is 5.40. The minimum Gasteiger partial charge on any atom is -0.493 e. The Balaban J connectivity index is 2.05. The average molecular weight is 384 g/mol. The molecule has 1 fully saturated rings. The van der Waals surface area contributed by atoms with Crippen LogP contribution in [0.25, 0.3) is 0 Å². The third kappa shape index (κ3) is 4.53. The van der Waals surface area contributed by atoms with E-state index in [1.54, 1.807) is 14.2 Å². The summed E-state index contributed by atoms with van der Waals surface area (Å²) in [6.07, 6.45) is 2.53. The zero-order valence-electron chi connectivity index (χ0n) is 14.4. The van der Waals surface area contributed by atoms with E-state index in [0.29, 0.717) is 12.3 Å². The van der Waals surface area contributed by atoms with E-state index < -0.39 is 0 Å². The van der Waals surface area contributed by atoms with Gasteiger partial charge >= 0.3 is 0 Å². The van der Waals surface area contributed by atoms with Gasteiger partial charge in [0.25, 0.3) is 0 Å². The van der Waals surface area contributed by atoms with Gasteiger partial charge in [-0.2, -0.15) is 0 Å². The molecule has 0 radical (unpaired) electrons. The van der Waals surface area contributed by atoms with Gasteiger partial charge < -0.3 is 19.7 Å². The van der Waals surface area contributed by atoms with Crippen LogP contribution < -0.4 is 14.8 Å². The molecule has 0 saturated carbocycles. The Labute approximate surface area is 147 Å². The van der Waals surface area contributed by atoms with Crippen LogP contribution >= 0.6 is 15.9 Å². The number of likely N-dealkylation sites (tertiary alicyclic amines) is 1. The SMILES string of the molecule is CN=C(NCc1cc(Br)c(OC)c(OC)c1)N1CCCC(C)C1. The van der Waals surface area contributed by atoms with Crippen LogP contribution in [0.5, 0.6) is 11.5 Å². The van der Waals surface area contributed by atoms with Gasteiger partial charge in [-0.15, -0.1) is 0 Å². The number of nitrogens with zero attached hydrogens (tertiary/aromatic N) is 2. The first kappa shape index (κ1) is 17.9. The largest absolute Gasteiger partial charge is 0.493 e. The number of piperidine rings is 1. The van der Waals surface area contributed by atoms with E-state index in [0.717, 1.165) is 40.8 Å². The molecule has 0 bridgehead atoms. The third-order valence-electron chi connectivity index (χ3n) is 4.11. The predicted molar refractivity (Wildman–Crippen MR) is 97.4 cm³/mol. The lowest BCUT2D eigenvalue weighted by molar-refractivity contribution is 0.266. The topological polar surface area (TPSA) is 46.1 Å². The molecule has 2 rings (SSSR count). The fourth-order valence-corrected chi connectivity index (χ4v) is 3.62. The lowest BCUT2D eigenvalue weighted by atomic mass is 10.0. The molecule has 1 atom stereocenters. The molecule has 0 amide bonds. The lowest BCUT2D eigenvalue weighted by Crippen LogP contribution is -2.45. The van der Waals surface area contributed by atoms with Gasteiger partial charge in [0.15, 0.2) is 17.5 Å². The molecule has 1 heterocycles. The first-order valence-electron chi connectivity index (χ1n) is 7.95. The maximum absolute atomic E-state index is 5.40. The highest BCUT2D eigenvalue weighted by Crippen LogP contribution is 2.36. The van der Waals surface area contributed by atoms with Crippen LogP contribution in [0.1, 0.15) is 25.3 Å². The van der Waals surface area contributed by atoms with E-state index in [1.807, 2.05) is 19.2 Å². The molecule has 1 unspecified atom stereocenters. The second-order valence-electron chi connectivity index (χ2n) is 5.91. The Morgan fingerprint density at radius 2 is 2.17 bits per heavy atom. The van der Waals surface area contributed by atoms with Gasteiger partial charge in [-0.3, -0.25) is 4.99 Å². The Hall–Kier alpha value is -1.43. The molecular weight excluding hydrogens is 358 g/mol. The highest BCUT2D eigenvalue weighted by atomic mass is 79.9. The van der Waals surface area contributed by atoms with Crippen molar-refractivity contribution in [2.45, 2.75) is 26.3 Å². The maximum Gasteiger partial charge on any atom is 0.193 e. The molecular formula is C17H26BrN3O2.